The van der Waals surface area contributed by atoms with E-state index in [4.69, 9.17) is 4.74 Å². The van der Waals surface area contributed by atoms with Crippen molar-refractivity contribution in [1.82, 2.24) is 4.98 Å². The molecule has 2 fully saturated rings. The van der Waals surface area contributed by atoms with Crippen molar-refractivity contribution >= 4 is 23.0 Å². The smallest absolute Gasteiger partial charge is 0.244 e. The van der Waals surface area contributed by atoms with Gasteiger partial charge in [-0.1, -0.05) is 12.1 Å². The SMILES string of the molecule is N#CC1(C(=O)Nc2cccc(Nc3ccc(OCc4ccccn4)cc3C3CC3)c2)CC1. The van der Waals surface area contributed by atoms with E-state index >= 15 is 0 Å². The molecule has 6 nitrogen and oxygen atoms in total. The fourth-order valence-electron chi connectivity index (χ4n) is 3.71. The topological polar surface area (TPSA) is 87.0 Å². The number of nitriles is 1. The van der Waals surface area contributed by atoms with Crippen LogP contribution in [-0.2, 0) is 11.4 Å². The Hall–Kier alpha value is -3.85. The van der Waals surface area contributed by atoms with Crippen LogP contribution in [0.3, 0.4) is 0 Å². The third kappa shape index (κ3) is 4.42. The Bertz CT molecular complexity index is 1180. The fourth-order valence-corrected chi connectivity index (χ4v) is 3.71. The number of anilines is 3. The standard InChI is InChI=1S/C26H24N4O2/c27-17-26(11-12-26)25(31)30-20-6-3-5-19(14-20)29-24-10-9-22(15-23(24)18-7-8-18)32-16-21-4-1-2-13-28-21/h1-6,9-10,13-15,18,29H,7-8,11-12,16H2,(H,30,31). The third-order valence-electron chi connectivity index (χ3n) is 5.95. The number of nitrogens with zero attached hydrogens (tertiary/aromatic N) is 2. The van der Waals surface area contributed by atoms with Gasteiger partial charge in [0.2, 0.25) is 5.91 Å². The summed E-state index contributed by atoms with van der Waals surface area (Å²) in [5.74, 6) is 1.14. The molecular weight excluding hydrogens is 400 g/mol. The number of hydrogen-bond acceptors (Lipinski definition) is 5. The van der Waals surface area contributed by atoms with E-state index in [1.54, 1.807) is 6.20 Å². The fraction of sp³-hybridized carbons (Fsp3) is 0.269. The minimum absolute atomic E-state index is 0.217. The van der Waals surface area contributed by atoms with Gasteiger partial charge in [-0.05, 0) is 85.7 Å². The van der Waals surface area contributed by atoms with Gasteiger partial charge in [0.15, 0.2) is 0 Å². The van der Waals surface area contributed by atoms with E-state index in [1.807, 2.05) is 54.6 Å². The Labute approximate surface area is 187 Å². The van der Waals surface area contributed by atoms with Crippen LogP contribution in [0.4, 0.5) is 17.1 Å². The van der Waals surface area contributed by atoms with Gasteiger partial charge in [0.1, 0.15) is 17.8 Å². The third-order valence-corrected chi connectivity index (χ3v) is 5.95. The minimum Gasteiger partial charge on any atom is -0.487 e. The highest BCUT2D eigenvalue weighted by atomic mass is 16.5. The van der Waals surface area contributed by atoms with Crippen molar-refractivity contribution in [3.05, 3.63) is 78.1 Å². The Morgan fingerprint density at radius 2 is 1.94 bits per heavy atom. The first kappa shape index (κ1) is 20.1. The van der Waals surface area contributed by atoms with Gasteiger partial charge in [-0.3, -0.25) is 9.78 Å². The first-order valence-electron chi connectivity index (χ1n) is 10.9. The molecule has 6 heteroatoms. The summed E-state index contributed by atoms with van der Waals surface area (Å²) in [7, 11) is 0. The zero-order valence-electron chi connectivity index (χ0n) is 17.7. The first-order valence-corrected chi connectivity index (χ1v) is 10.9. The number of hydrogen-bond donors (Lipinski definition) is 2. The molecule has 2 saturated carbocycles. The highest BCUT2D eigenvalue weighted by Crippen LogP contribution is 2.46. The number of pyridine rings is 1. The Morgan fingerprint density at radius 1 is 1.09 bits per heavy atom. The number of carbonyl (C=O) groups is 1. The van der Waals surface area contributed by atoms with Crippen LogP contribution >= 0.6 is 0 Å². The lowest BCUT2D eigenvalue weighted by Crippen LogP contribution is -2.22. The van der Waals surface area contributed by atoms with Crippen LogP contribution in [0.2, 0.25) is 0 Å². The molecule has 5 rings (SSSR count). The molecule has 0 unspecified atom stereocenters. The minimum atomic E-state index is -0.840. The van der Waals surface area contributed by atoms with E-state index in [1.165, 1.54) is 18.4 Å². The highest BCUT2D eigenvalue weighted by molar-refractivity contribution is 5.99. The van der Waals surface area contributed by atoms with Crippen LogP contribution in [0.5, 0.6) is 5.75 Å². The van der Waals surface area contributed by atoms with Gasteiger partial charge in [0.25, 0.3) is 0 Å². The monoisotopic (exact) mass is 424 g/mol. The van der Waals surface area contributed by atoms with E-state index in [-0.39, 0.29) is 5.91 Å². The van der Waals surface area contributed by atoms with Crippen molar-refractivity contribution in [2.24, 2.45) is 5.41 Å². The van der Waals surface area contributed by atoms with Crippen molar-refractivity contribution in [3.8, 4) is 11.8 Å². The van der Waals surface area contributed by atoms with E-state index in [9.17, 15) is 10.1 Å². The maximum absolute atomic E-state index is 12.4. The second-order valence-electron chi connectivity index (χ2n) is 8.49. The van der Waals surface area contributed by atoms with Gasteiger partial charge in [-0.25, -0.2) is 0 Å². The molecule has 1 aromatic heterocycles. The summed E-state index contributed by atoms with van der Waals surface area (Å²) >= 11 is 0. The molecule has 1 heterocycles. The zero-order chi connectivity index (χ0) is 22.0. The molecule has 0 spiro atoms. The number of aromatic nitrogens is 1. The van der Waals surface area contributed by atoms with E-state index in [0.717, 1.165) is 22.8 Å². The van der Waals surface area contributed by atoms with E-state index in [2.05, 4.69) is 27.8 Å². The predicted molar refractivity (Wildman–Crippen MR) is 123 cm³/mol. The van der Waals surface area contributed by atoms with Gasteiger partial charge >= 0.3 is 0 Å². The molecule has 1 amide bonds. The molecule has 0 radical (unpaired) electrons. The van der Waals surface area contributed by atoms with E-state index < -0.39 is 5.41 Å². The van der Waals surface area contributed by atoms with Gasteiger partial charge in [-0.2, -0.15) is 5.26 Å². The zero-order valence-corrected chi connectivity index (χ0v) is 17.7. The summed E-state index contributed by atoms with van der Waals surface area (Å²) in [6.45, 7) is 0.434. The molecule has 0 bridgehead atoms. The molecule has 2 aliphatic carbocycles. The molecule has 0 saturated heterocycles. The number of ether oxygens (including phenoxy) is 1. The summed E-state index contributed by atoms with van der Waals surface area (Å²) in [6, 6.07) is 21.6. The molecule has 0 atom stereocenters. The molecule has 2 N–H and O–H groups in total. The summed E-state index contributed by atoms with van der Waals surface area (Å²) in [6.07, 6.45) is 5.37. The maximum Gasteiger partial charge on any atom is 0.244 e. The lowest BCUT2D eigenvalue weighted by molar-refractivity contribution is -0.119. The second kappa shape index (κ2) is 8.35. The Balaban J connectivity index is 1.29. The van der Waals surface area contributed by atoms with Crippen LogP contribution in [0.15, 0.2) is 66.9 Å². The normalized spacial score (nSPS) is 16.0. The van der Waals surface area contributed by atoms with Crippen molar-refractivity contribution in [2.75, 3.05) is 10.6 Å². The molecule has 2 aromatic carbocycles. The van der Waals surface area contributed by atoms with Crippen LogP contribution < -0.4 is 15.4 Å². The number of benzene rings is 2. The largest absolute Gasteiger partial charge is 0.487 e. The van der Waals surface area contributed by atoms with Crippen molar-refractivity contribution in [1.29, 1.82) is 5.26 Å². The average Bonchev–Trinajstić information content (AvgIpc) is 3.73. The summed E-state index contributed by atoms with van der Waals surface area (Å²) in [4.78, 5) is 16.7. The quantitative estimate of drug-likeness (QED) is 0.497. The lowest BCUT2D eigenvalue weighted by Gasteiger charge is -2.15. The summed E-state index contributed by atoms with van der Waals surface area (Å²) < 4.78 is 5.96. The molecule has 2 aliphatic rings. The predicted octanol–water partition coefficient (Wildman–Crippen LogP) is 5.52. The number of carbonyl (C=O) groups excluding carboxylic acids is 1. The molecule has 32 heavy (non-hydrogen) atoms. The van der Waals surface area contributed by atoms with Gasteiger partial charge < -0.3 is 15.4 Å². The lowest BCUT2D eigenvalue weighted by atomic mass is 10.1. The van der Waals surface area contributed by atoms with Crippen molar-refractivity contribution < 1.29 is 9.53 Å². The van der Waals surface area contributed by atoms with Crippen LogP contribution in [-0.4, -0.2) is 10.9 Å². The highest BCUT2D eigenvalue weighted by Gasteiger charge is 2.50. The van der Waals surface area contributed by atoms with Crippen LogP contribution in [0, 0.1) is 16.7 Å². The van der Waals surface area contributed by atoms with Crippen LogP contribution in [0.25, 0.3) is 0 Å². The summed E-state index contributed by atoms with van der Waals surface area (Å²) in [5.41, 5.74) is 3.90. The van der Waals surface area contributed by atoms with Crippen molar-refractivity contribution in [2.45, 2.75) is 38.2 Å². The number of amides is 1. The Kier molecular flexibility index (Phi) is 5.24. The number of nitrogens with one attached hydrogen (secondary N) is 2. The Morgan fingerprint density at radius 3 is 2.66 bits per heavy atom. The molecule has 160 valence electrons. The van der Waals surface area contributed by atoms with E-state index in [0.29, 0.717) is 31.1 Å². The van der Waals surface area contributed by atoms with Gasteiger partial charge in [0.05, 0.1) is 11.8 Å². The maximum atomic E-state index is 12.4. The molecular formula is C26H24N4O2. The van der Waals surface area contributed by atoms with Crippen LogP contribution in [0.1, 0.15) is 42.9 Å². The van der Waals surface area contributed by atoms with Gasteiger partial charge in [0, 0.05) is 23.3 Å². The first-order chi connectivity index (χ1) is 15.6. The average molecular weight is 425 g/mol. The van der Waals surface area contributed by atoms with Crippen molar-refractivity contribution in [3.63, 3.8) is 0 Å². The second-order valence-corrected chi connectivity index (χ2v) is 8.49. The molecule has 3 aromatic rings. The van der Waals surface area contributed by atoms with Gasteiger partial charge in [-0.15, -0.1) is 0 Å². The number of rotatable bonds is 8. The molecule has 0 aliphatic heterocycles. The summed E-state index contributed by atoms with van der Waals surface area (Å²) in [5, 5.41) is 15.6.